The van der Waals surface area contributed by atoms with Crippen LogP contribution in [0.4, 0.5) is 19.6 Å². The van der Waals surface area contributed by atoms with Crippen molar-refractivity contribution >= 4 is 38.3 Å². The molecule has 4 rings (SSSR count). The summed E-state index contributed by atoms with van der Waals surface area (Å²) in [7, 11) is 0. The van der Waals surface area contributed by atoms with Crippen LogP contribution in [0.5, 0.6) is 5.75 Å². The molecule has 12 heteroatoms. The van der Waals surface area contributed by atoms with Crippen LogP contribution in [0.3, 0.4) is 0 Å². The molecule has 0 aliphatic rings. The van der Waals surface area contributed by atoms with Crippen molar-refractivity contribution in [3.63, 3.8) is 0 Å². The van der Waals surface area contributed by atoms with Gasteiger partial charge in [0, 0.05) is 5.56 Å². The Hall–Kier alpha value is -3.93. The lowest BCUT2D eigenvalue weighted by atomic mass is 10.1. The van der Waals surface area contributed by atoms with Crippen molar-refractivity contribution < 1.29 is 23.2 Å². The van der Waals surface area contributed by atoms with Crippen LogP contribution in [0.1, 0.15) is 15.9 Å². The summed E-state index contributed by atoms with van der Waals surface area (Å²) in [6.45, 7) is -2.60. The average Bonchev–Trinajstić information content (AvgIpc) is 3.34. The molecule has 31 heavy (non-hydrogen) atoms. The van der Waals surface area contributed by atoms with Crippen LogP contribution in [-0.2, 0) is 6.54 Å². The molecule has 0 radical (unpaired) electrons. The molecule has 0 bridgehead atoms. The normalized spacial score (nSPS) is 11.1. The first kappa shape index (κ1) is 20.3. The molecule has 0 saturated carbocycles. The van der Waals surface area contributed by atoms with Crippen LogP contribution >= 0.6 is 11.3 Å². The zero-order chi connectivity index (χ0) is 22.0. The van der Waals surface area contributed by atoms with Crippen molar-refractivity contribution in [3.8, 4) is 5.75 Å². The highest BCUT2D eigenvalue weighted by Gasteiger charge is 2.13. The van der Waals surface area contributed by atoms with Crippen LogP contribution in [0.15, 0.2) is 54.9 Å². The SMILES string of the molecule is O=C(Nc1nc2ccc(OC(F)F)cc2s1)c1ccc(Cn2cc([N+](=O)[O-])cn2)cc1. The second-order valence-corrected chi connectivity index (χ2v) is 7.36. The Balaban J connectivity index is 1.42. The van der Waals surface area contributed by atoms with E-state index in [-0.39, 0.29) is 17.3 Å². The van der Waals surface area contributed by atoms with Gasteiger partial charge in [0.15, 0.2) is 5.13 Å². The second kappa shape index (κ2) is 8.44. The largest absolute Gasteiger partial charge is 0.435 e. The van der Waals surface area contributed by atoms with Crippen molar-refractivity contribution in [2.24, 2.45) is 0 Å². The van der Waals surface area contributed by atoms with E-state index in [1.807, 2.05) is 0 Å². The maximum atomic E-state index is 12.5. The summed E-state index contributed by atoms with van der Waals surface area (Å²) in [4.78, 5) is 27.0. The molecule has 0 saturated heterocycles. The fraction of sp³-hybridized carbons (Fsp3) is 0.105. The third-order valence-electron chi connectivity index (χ3n) is 4.20. The third-order valence-corrected chi connectivity index (χ3v) is 5.13. The first-order valence-electron chi connectivity index (χ1n) is 8.80. The summed E-state index contributed by atoms with van der Waals surface area (Å²) in [6.07, 6.45) is 2.49. The van der Waals surface area contributed by atoms with Gasteiger partial charge in [-0.2, -0.15) is 13.9 Å². The number of rotatable bonds is 7. The van der Waals surface area contributed by atoms with E-state index in [2.05, 4.69) is 20.1 Å². The standard InChI is InChI=1S/C19H13F2N5O4S/c20-18(21)30-14-5-6-15-16(7-14)31-19(23-15)24-17(27)12-3-1-11(2-4-12)9-25-10-13(8-22-25)26(28)29/h1-8,10,18H,9H2,(H,23,24,27). The number of benzene rings is 2. The number of carbonyl (C=O) groups is 1. The van der Waals surface area contributed by atoms with Gasteiger partial charge >= 0.3 is 12.3 Å². The number of aromatic nitrogens is 3. The molecule has 0 unspecified atom stereocenters. The number of halogens is 2. The Kier molecular flexibility index (Phi) is 5.54. The molecular weight excluding hydrogens is 432 g/mol. The Morgan fingerprint density at radius 1 is 1.26 bits per heavy atom. The molecule has 2 heterocycles. The van der Waals surface area contributed by atoms with E-state index >= 15 is 0 Å². The molecule has 4 aromatic rings. The molecule has 0 atom stereocenters. The van der Waals surface area contributed by atoms with E-state index < -0.39 is 11.5 Å². The molecule has 2 aromatic heterocycles. The Labute approximate surface area is 177 Å². The monoisotopic (exact) mass is 445 g/mol. The topological polar surface area (TPSA) is 112 Å². The number of thiazole rings is 1. The molecule has 9 nitrogen and oxygen atoms in total. The van der Waals surface area contributed by atoms with Crippen LogP contribution < -0.4 is 10.1 Å². The number of fused-ring (bicyclic) bond motifs is 1. The van der Waals surface area contributed by atoms with Crippen molar-refractivity contribution in [2.75, 3.05) is 5.32 Å². The number of carbonyl (C=O) groups excluding carboxylic acids is 1. The van der Waals surface area contributed by atoms with E-state index in [0.717, 1.165) is 16.9 Å². The van der Waals surface area contributed by atoms with E-state index in [1.165, 1.54) is 35.3 Å². The van der Waals surface area contributed by atoms with Gasteiger partial charge in [-0.25, -0.2) is 4.98 Å². The highest BCUT2D eigenvalue weighted by atomic mass is 32.1. The maximum Gasteiger partial charge on any atom is 0.387 e. The zero-order valence-corrected chi connectivity index (χ0v) is 16.4. The third kappa shape index (κ3) is 4.80. The predicted octanol–water partition coefficient (Wildman–Crippen LogP) is 4.30. The van der Waals surface area contributed by atoms with Gasteiger partial charge in [-0.15, -0.1) is 0 Å². The van der Waals surface area contributed by atoms with Gasteiger partial charge in [0.05, 0.1) is 21.7 Å². The van der Waals surface area contributed by atoms with E-state index in [9.17, 15) is 23.7 Å². The number of hydrogen-bond donors (Lipinski definition) is 1. The molecule has 158 valence electrons. The van der Waals surface area contributed by atoms with Crippen molar-refractivity contribution in [1.82, 2.24) is 14.8 Å². The Bertz CT molecular complexity index is 1260. The lowest BCUT2D eigenvalue weighted by molar-refractivity contribution is -0.385. The fourth-order valence-electron chi connectivity index (χ4n) is 2.79. The molecule has 0 spiro atoms. The van der Waals surface area contributed by atoms with Gasteiger partial charge in [0.1, 0.15) is 18.1 Å². The summed E-state index contributed by atoms with van der Waals surface area (Å²) >= 11 is 1.14. The lowest BCUT2D eigenvalue weighted by Crippen LogP contribution is -2.11. The lowest BCUT2D eigenvalue weighted by Gasteiger charge is -2.04. The highest BCUT2D eigenvalue weighted by Crippen LogP contribution is 2.30. The minimum Gasteiger partial charge on any atom is -0.435 e. The van der Waals surface area contributed by atoms with Crippen LogP contribution in [0.25, 0.3) is 10.2 Å². The summed E-state index contributed by atoms with van der Waals surface area (Å²) in [5.41, 5.74) is 1.64. The maximum absolute atomic E-state index is 12.5. The molecule has 0 aliphatic heterocycles. The average molecular weight is 445 g/mol. The molecule has 0 fully saturated rings. The van der Waals surface area contributed by atoms with Gasteiger partial charge in [-0.05, 0) is 35.9 Å². The van der Waals surface area contributed by atoms with E-state index in [0.29, 0.717) is 27.5 Å². The summed E-state index contributed by atoms with van der Waals surface area (Å²) in [6, 6.07) is 11.0. The second-order valence-electron chi connectivity index (χ2n) is 6.33. The number of nitrogens with one attached hydrogen (secondary N) is 1. The van der Waals surface area contributed by atoms with Crippen molar-refractivity contribution in [2.45, 2.75) is 13.2 Å². The molecule has 1 amide bonds. The van der Waals surface area contributed by atoms with Crippen molar-refractivity contribution in [1.29, 1.82) is 0 Å². The molecule has 1 N–H and O–H groups in total. The van der Waals surface area contributed by atoms with E-state index in [1.54, 1.807) is 24.3 Å². The van der Waals surface area contributed by atoms with Crippen LogP contribution in [0, 0.1) is 10.1 Å². The Morgan fingerprint density at radius 2 is 2.03 bits per heavy atom. The number of amides is 1. The number of nitro groups is 1. The minimum absolute atomic E-state index is 0.0159. The summed E-state index contributed by atoms with van der Waals surface area (Å²) < 4.78 is 31.1. The van der Waals surface area contributed by atoms with E-state index in [4.69, 9.17) is 0 Å². The summed E-state index contributed by atoms with van der Waals surface area (Å²) in [5, 5.41) is 17.6. The fourth-order valence-corrected chi connectivity index (χ4v) is 3.68. The zero-order valence-electron chi connectivity index (χ0n) is 15.6. The van der Waals surface area contributed by atoms with Gasteiger partial charge in [0.2, 0.25) is 0 Å². The Morgan fingerprint density at radius 3 is 2.71 bits per heavy atom. The first-order valence-corrected chi connectivity index (χ1v) is 9.61. The number of nitrogens with zero attached hydrogens (tertiary/aromatic N) is 4. The number of hydrogen-bond acceptors (Lipinski definition) is 7. The van der Waals surface area contributed by atoms with Crippen LogP contribution in [0.2, 0.25) is 0 Å². The van der Waals surface area contributed by atoms with Gasteiger partial charge < -0.3 is 4.74 Å². The van der Waals surface area contributed by atoms with Crippen LogP contribution in [-0.4, -0.2) is 32.2 Å². The van der Waals surface area contributed by atoms with Gasteiger partial charge in [-0.1, -0.05) is 23.5 Å². The first-order chi connectivity index (χ1) is 14.9. The predicted molar refractivity (Wildman–Crippen MR) is 109 cm³/mol. The number of alkyl halides is 2. The summed E-state index contributed by atoms with van der Waals surface area (Å²) in [5.74, 6) is -0.369. The van der Waals surface area contributed by atoms with Gasteiger partial charge in [-0.3, -0.25) is 24.9 Å². The highest BCUT2D eigenvalue weighted by molar-refractivity contribution is 7.22. The quantitative estimate of drug-likeness (QED) is 0.335. The molecule has 0 aliphatic carbocycles. The number of anilines is 1. The van der Waals surface area contributed by atoms with Crippen molar-refractivity contribution in [3.05, 3.63) is 76.1 Å². The molecule has 2 aromatic carbocycles. The minimum atomic E-state index is -2.92. The smallest absolute Gasteiger partial charge is 0.387 e. The number of ether oxygens (including phenoxy) is 1. The van der Waals surface area contributed by atoms with Gasteiger partial charge in [0.25, 0.3) is 5.91 Å². The molecular formula is C19H13F2N5O4S.